The number of hydrogen-bond acceptors (Lipinski definition) is 7. The van der Waals surface area contributed by atoms with E-state index >= 15 is 0 Å². The largest absolute Gasteiger partial charge is 0.524 e. The second-order valence-corrected chi connectivity index (χ2v) is 11.9. The minimum atomic E-state index is -4.75. The van der Waals surface area contributed by atoms with Gasteiger partial charge in [-0.2, -0.15) is 5.10 Å². The fraction of sp³-hybridized carbons (Fsp3) is 0.222. The number of para-hydroxylation sites is 1. The van der Waals surface area contributed by atoms with E-state index in [0.29, 0.717) is 21.3 Å². The Morgan fingerprint density at radius 3 is 2.17 bits per heavy atom. The Morgan fingerprint density at radius 1 is 0.825 bits per heavy atom. The summed E-state index contributed by atoms with van der Waals surface area (Å²) in [7, 11) is -4.75. The third kappa shape index (κ3) is 3.83. The molecule has 3 saturated heterocycles. The van der Waals surface area contributed by atoms with Crippen LogP contribution in [0.3, 0.4) is 0 Å². The molecule has 0 aromatic heterocycles. The molecular formula is C27H20Cl2N3O7P. The highest BCUT2D eigenvalue weighted by molar-refractivity contribution is 7.46. The number of anilines is 2. The molecule has 4 heterocycles. The number of fused-ring (bicyclic) bond motifs is 8. The predicted octanol–water partition coefficient (Wildman–Crippen LogP) is 4.26. The molecule has 13 heteroatoms. The first-order chi connectivity index (χ1) is 19.1. The molecule has 7 rings (SSSR count). The van der Waals surface area contributed by atoms with Crippen molar-refractivity contribution in [2.75, 3.05) is 9.91 Å². The molecule has 0 saturated carbocycles. The standard InChI is InChI=1S/C27H20Cl2N3O7P/c28-17-8-4-7-16(21(17)29)22-20-23(32(30-22)14-5-2-1-3-6-14)25-19-18(24(20)38-25)26(33)31(27(19)34)13-9-11-15(12-10-13)39-40(35,36)37/h1-12,18-20,23-25H,(H2,35,36,37). The van der Waals surface area contributed by atoms with E-state index in [1.54, 1.807) is 12.1 Å². The van der Waals surface area contributed by atoms with Crippen LogP contribution in [-0.2, 0) is 18.9 Å². The van der Waals surface area contributed by atoms with Crippen LogP contribution in [0.4, 0.5) is 11.4 Å². The number of halogens is 2. The normalized spacial score (nSPS) is 28.6. The highest BCUT2D eigenvalue weighted by Crippen LogP contribution is 2.57. The molecule has 204 valence electrons. The number of nitrogens with zero attached hydrogens (tertiary/aromatic N) is 3. The second-order valence-electron chi connectivity index (χ2n) is 9.99. The molecule has 2 bridgehead atoms. The van der Waals surface area contributed by atoms with Gasteiger partial charge in [0.15, 0.2) is 0 Å². The molecule has 10 nitrogen and oxygen atoms in total. The van der Waals surface area contributed by atoms with E-state index in [1.165, 1.54) is 24.3 Å². The average molecular weight is 600 g/mol. The predicted molar refractivity (Wildman–Crippen MR) is 146 cm³/mol. The van der Waals surface area contributed by atoms with Gasteiger partial charge in [0.05, 0.1) is 63.1 Å². The Bertz CT molecular complexity index is 1630. The number of phosphoric ester groups is 1. The van der Waals surface area contributed by atoms with Crippen molar-refractivity contribution in [1.29, 1.82) is 0 Å². The van der Waals surface area contributed by atoms with E-state index in [1.807, 2.05) is 41.4 Å². The van der Waals surface area contributed by atoms with Gasteiger partial charge in [0.2, 0.25) is 11.8 Å². The molecular weight excluding hydrogens is 580 g/mol. The number of carbonyl (C=O) groups excluding carboxylic acids is 2. The maximum Gasteiger partial charge on any atom is 0.524 e. The quantitative estimate of drug-likeness (QED) is 0.329. The summed E-state index contributed by atoms with van der Waals surface area (Å²) in [5.41, 5.74) is 2.38. The van der Waals surface area contributed by atoms with Gasteiger partial charge in [-0.05, 0) is 42.5 Å². The molecule has 6 atom stereocenters. The fourth-order valence-electron chi connectivity index (χ4n) is 6.41. The highest BCUT2D eigenvalue weighted by Gasteiger charge is 2.72. The van der Waals surface area contributed by atoms with Crippen molar-refractivity contribution in [3.63, 3.8) is 0 Å². The van der Waals surface area contributed by atoms with Gasteiger partial charge in [-0.3, -0.25) is 24.4 Å². The number of imide groups is 1. The Balaban J connectivity index is 1.27. The minimum Gasteiger partial charge on any atom is -0.404 e. The van der Waals surface area contributed by atoms with Crippen molar-refractivity contribution in [2.24, 2.45) is 22.9 Å². The van der Waals surface area contributed by atoms with Gasteiger partial charge in [-0.25, -0.2) is 9.46 Å². The Labute approximate surface area is 237 Å². The number of ether oxygens (including phenoxy) is 1. The summed E-state index contributed by atoms with van der Waals surface area (Å²) in [5, 5.41) is 7.54. The Hall–Kier alpha value is -3.24. The first kappa shape index (κ1) is 25.7. The van der Waals surface area contributed by atoms with Crippen LogP contribution < -0.4 is 14.4 Å². The summed E-state index contributed by atoms with van der Waals surface area (Å²) in [6.07, 6.45) is -1.24. The molecule has 3 aromatic rings. The summed E-state index contributed by atoms with van der Waals surface area (Å²) in [5.74, 6) is -2.69. The summed E-state index contributed by atoms with van der Waals surface area (Å²) in [6, 6.07) is 19.9. The molecule has 0 radical (unpaired) electrons. The number of amides is 2. The molecule has 3 fully saturated rings. The van der Waals surface area contributed by atoms with Crippen molar-refractivity contribution >= 4 is 59.9 Å². The Kier molecular flexibility index (Phi) is 5.87. The monoisotopic (exact) mass is 599 g/mol. The summed E-state index contributed by atoms with van der Waals surface area (Å²) >= 11 is 13.0. The highest BCUT2D eigenvalue weighted by atomic mass is 35.5. The van der Waals surface area contributed by atoms with E-state index in [0.717, 1.165) is 10.6 Å². The molecule has 0 spiro atoms. The number of hydrazone groups is 1. The molecule has 40 heavy (non-hydrogen) atoms. The van der Waals surface area contributed by atoms with Crippen molar-refractivity contribution < 1.29 is 33.2 Å². The first-order valence-electron chi connectivity index (χ1n) is 12.4. The van der Waals surface area contributed by atoms with Gasteiger partial charge >= 0.3 is 7.82 Å². The topological polar surface area (TPSA) is 129 Å². The SMILES string of the molecule is O=C1C2C3OC(C2C(=O)N1c1ccc(OP(=O)(O)O)cc1)C1C3C(c2cccc(Cl)c2Cl)=NN1c1ccccc1. The smallest absolute Gasteiger partial charge is 0.404 e. The van der Waals surface area contributed by atoms with Gasteiger partial charge in [-0.1, -0.05) is 53.5 Å². The lowest BCUT2D eigenvalue weighted by Crippen LogP contribution is -2.50. The van der Waals surface area contributed by atoms with Crippen molar-refractivity contribution in [2.45, 2.75) is 18.2 Å². The molecule has 4 aliphatic rings. The van der Waals surface area contributed by atoms with Crippen molar-refractivity contribution in [1.82, 2.24) is 0 Å². The van der Waals surface area contributed by atoms with Crippen LogP contribution in [0.15, 0.2) is 77.9 Å². The van der Waals surface area contributed by atoms with Crippen molar-refractivity contribution in [3.05, 3.63) is 88.4 Å². The third-order valence-electron chi connectivity index (χ3n) is 7.86. The van der Waals surface area contributed by atoms with Gasteiger partial charge in [-0.15, -0.1) is 0 Å². The lowest BCUT2D eigenvalue weighted by Gasteiger charge is -2.32. The van der Waals surface area contributed by atoms with Crippen LogP contribution in [0.1, 0.15) is 5.56 Å². The van der Waals surface area contributed by atoms with E-state index in [9.17, 15) is 14.2 Å². The van der Waals surface area contributed by atoms with E-state index in [2.05, 4.69) is 4.52 Å². The van der Waals surface area contributed by atoms with Gasteiger partial charge in [0, 0.05) is 5.56 Å². The van der Waals surface area contributed by atoms with Gasteiger partial charge in [0.1, 0.15) is 5.75 Å². The molecule has 6 unspecified atom stereocenters. The zero-order valence-electron chi connectivity index (χ0n) is 20.4. The van der Waals surface area contributed by atoms with E-state index in [4.69, 9.17) is 42.8 Å². The second kappa shape index (κ2) is 9.14. The number of benzene rings is 3. The first-order valence-corrected chi connectivity index (χ1v) is 14.7. The van der Waals surface area contributed by atoms with Crippen LogP contribution >= 0.6 is 31.0 Å². The van der Waals surface area contributed by atoms with Crippen LogP contribution in [0.5, 0.6) is 5.75 Å². The summed E-state index contributed by atoms with van der Waals surface area (Å²) < 4.78 is 22.2. The summed E-state index contributed by atoms with van der Waals surface area (Å²) in [4.78, 5) is 46.8. The summed E-state index contributed by atoms with van der Waals surface area (Å²) in [6.45, 7) is 0. The van der Waals surface area contributed by atoms with Crippen LogP contribution in [-0.4, -0.2) is 45.6 Å². The number of carbonyl (C=O) groups is 2. The number of hydrogen-bond donors (Lipinski definition) is 2. The molecule has 2 amide bonds. The van der Waals surface area contributed by atoms with Gasteiger partial charge in [0.25, 0.3) is 0 Å². The van der Waals surface area contributed by atoms with Gasteiger partial charge < -0.3 is 9.26 Å². The molecule has 0 aliphatic carbocycles. The zero-order chi connectivity index (χ0) is 27.9. The van der Waals surface area contributed by atoms with Crippen LogP contribution in [0.2, 0.25) is 10.0 Å². The van der Waals surface area contributed by atoms with Crippen molar-refractivity contribution in [3.8, 4) is 5.75 Å². The maximum atomic E-state index is 13.8. The molecule has 4 aliphatic heterocycles. The number of rotatable bonds is 5. The molecule has 3 aromatic carbocycles. The number of phosphoric acid groups is 1. The van der Waals surface area contributed by atoms with Crippen LogP contribution in [0, 0.1) is 17.8 Å². The average Bonchev–Trinajstić information content (AvgIpc) is 3.65. The lowest BCUT2D eigenvalue weighted by molar-refractivity contribution is -0.125. The molecule has 2 N–H and O–H groups in total. The fourth-order valence-corrected chi connectivity index (χ4v) is 7.20. The minimum absolute atomic E-state index is 0.0907. The lowest BCUT2D eigenvalue weighted by atomic mass is 9.70. The van der Waals surface area contributed by atoms with Crippen LogP contribution in [0.25, 0.3) is 0 Å². The zero-order valence-corrected chi connectivity index (χ0v) is 22.8. The third-order valence-corrected chi connectivity index (χ3v) is 9.13. The van der Waals surface area contributed by atoms with E-state index in [-0.39, 0.29) is 23.4 Å². The Morgan fingerprint density at radius 2 is 1.50 bits per heavy atom. The van der Waals surface area contributed by atoms with E-state index < -0.39 is 43.7 Å². The maximum absolute atomic E-state index is 13.8.